The number of unbranched alkanes of at least 4 members (excludes halogenated alkanes) is 4. The zero-order valence-corrected chi connectivity index (χ0v) is 43.0. The maximum atomic E-state index is 13.8. The van der Waals surface area contributed by atoms with Crippen LogP contribution in [0.25, 0.3) is 0 Å². The number of fused-ring (bicyclic) bond motifs is 2. The average Bonchev–Trinajstić information content (AvgIpc) is 3.96. The SMILES string of the molecule is CN(OCCCCCC(=O)ON1C(=O)CCC1=O)C(=O)c1cc2c([n+](CCCS(=O)(=O)O)c1)N=C(/C=C/C=C/C=C1/N(CCCCCC(=O)ON3C(=O)CCC3=O)c3ccc(S(=O)(=O)O)cc3C1(C)C)C2(C)C. The number of aryl methyl sites for hydroxylation is 1. The highest BCUT2D eigenvalue weighted by Gasteiger charge is 2.44. The lowest BCUT2D eigenvalue weighted by atomic mass is 9.81. The number of allylic oxidation sites excluding steroid dienone is 6. The Morgan fingerprint density at radius 3 is 1.92 bits per heavy atom. The highest BCUT2D eigenvalue weighted by molar-refractivity contribution is 7.86. The maximum absolute atomic E-state index is 13.8. The summed E-state index contributed by atoms with van der Waals surface area (Å²) in [4.78, 5) is 108. The second-order valence-electron chi connectivity index (χ2n) is 19.0. The number of pyridine rings is 1. The molecule has 394 valence electrons. The summed E-state index contributed by atoms with van der Waals surface area (Å²) in [6.07, 6.45) is 13.6. The van der Waals surface area contributed by atoms with E-state index in [0.717, 1.165) is 16.4 Å². The van der Waals surface area contributed by atoms with E-state index < -0.39 is 78.3 Å². The number of imide groups is 2. The minimum Gasteiger partial charge on any atom is -0.344 e. The van der Waals surface area contributed by atoms with Gasteiger partial charge in [0, 0.05) is 75.3 Å². The molecule has 5 heterocycles. The predicted octanol–water partition coefficient (Wildman–Crippen LogP) is 5.00. The third-order valence-corrected chi connectivity index (χ3v) is 14.5. The van der Waals surface area contributed by atoms with Gasteiger partial charge in [0.2, 0.25) is 0 Å². The largest absolute Gasteiger partial charge is 0.344 e. The average molecular weight is 1050 g/mol. The molecule has 2 saturated heterocycles. The minimum absolute atomic E-state index is 0.000968. The number of anilines is 1. The first kappa shape index (κ1) is 55.8. The van der Waals surface area contributed by atoms with Crippen LogP contribution in [0.2, 0.25) is 0 Å². The van der Waals surface area contributed by atoms with Crippen LogP contribution in [-0.4, -0.2) is 114 Å². The summed E-state index contributed by atoms with van der Waals surface area (Å²) >= 11 is 0. The molecule has 0 radical (unpaired) electrons. The van der Waals surface area contributed by atoms with E-state index in [1.807, 2.05) is 50.8 Å². The van der Waals surface area contributed by atoms with Crippen LogP contribution in [-0.2, 0) is 80.9 Å². The summed E-state index contributed by atoms with van der Waals surface area (Å²) in [5, 5.41) is 2.10. The van der Waals surface area contributed by atoms with E-state index in [-0.39, 0.29) is 68.6 Å². The minimum atomic E-state index is -4.50. The van der Waals surface area contributed by atoms with E-state index in [1.165, 1.54) is 19.2 Å². The van der Waals surface area contributed by atoms with Crippen molar-refractivity contribution in [3.63, 3.8) is 0 Å². The predicted molar refractivity (Wildman–Crippen MR) is 260 cm³/mol. The van der Waals surface area contributed by atoms with E-state index in [1.54, 1.807) is 35.0 Å². The Bertz CT molecular complexity index is 2880. The molecule has 0 saturated carbocycles. The first-order valence-electron chi connectivity index (χ1n) is 23.9. The molecule has 0 spiro atoms. The van der Waals surface area contributed by atoms with Gasteiger partial charge >= 0.3 is 17.8 Å². The van der Waals surface area contributed by atoms with Crippen LogP contribution < -0.4 is 9.47 Å². The summed E-state index contributed by atoms with van der Waals surface area (Å²) in [5.41, 5.74) is 2.27. The summed E-state index contributed by atoms with van der Waals surface area (Å²) in [6, 6.07) is 6.14. The number of aliphatic imine (C=N–C) groups is 1. The molecule has 1 aromatic carbocycles. The lowest BCUT2D eigenvalue weighted by Gasteiger charge is -2.27. The number of aromatic nitrogens is 1. The van der Waals surface area contributed by atoms with Gasteiger partial charge in [-0.05, 0) is 86.5 Å². The molecule has 5 amide bonds. The molecule has 6 rings (SSSR count). The van der Waals surface area contributed by atoms with Crippen molar-refractivity contribution in [1.82, 2.24) is 15.2 Å². The second kappa shape index (κ2) is 23.2. The maximum Gasteiger partial charge on any atom is 0.333 e. The number of amides is 5. The monoisotopic (exact) mass is 1050 g/mol. The zero-order chi connectivity index (χ0) is 53.5. The molecule has 24 heteroatoms. The fourth-order valence-corrected chi connectivity index (χ4v) is 9.80. The van der Waals surface area contributed by atoms with Crippen LogP contribution in [0, 0.1) is 0 Å². The Hall–Kier alpha value is -6.47. The van der Waals surface area contributed by atoms with Gasteiger partial charge in [0.25, 0.3) is 49.8 Å². The van der Waals surface area contributed by atoms with Gasteiger partial charge < -0.3 is 14.6 Å². The highest BCUT2D eigenvalue weighted by Crippen LogP contribution is 2.48. The summed E-state index contributed by atoms with van der Waals surface area (Å²) in [7, 11) is -7.33. The Kier molecular flexibility index (Phi) is 17.7. The topological polar surface area (TPSA) is 285 Å². The number of rotatable bonds is 24. The van der Waals surface area contributed by atoms with Gasteiger partial charge in [-0.1, -0.05) is 44.9 Å². The fraction of sp³-hybridized carbons (Fsp3) is 0.490. The van der Waals surface area contributed by atoms with Crippen molar-refractivity contribution in [1.29, 1.82) is 0 Å². The molecule has 2 aromatic rings. The standard InChI is InChI=1S/C49H60N6O16S2/c1-48(2)36-30-33(47(62)51(5)69-28-14-8-12-19-45(61)71-55-42(58)24-25-43(55)59)32-52(26-15-29-72(63,64)65)46(36)50-38(48)16-9-6-10-17-39-49(3,4)35-31-34(73(66,67)68)20-21-37(35)53(39)27-13-7-11-18-44(60)70-54-40(56)22-23-41(54)57/h6,9-10,16-17,20-21,30-32H,7-8,11-15,18-19,22-29H2,1-5H3,(H-,63,64,65,66,67,68)/p+1. The first-order chi connectivity index (χ1) is 34.3. The lowest BCUT2D eigenvalue weighted by Crippen LogP contribution is -2.39. The molecule has 22 nitrogen and oxygen atoms in total. The number of carbonyl (C=O) groups is 7. The molecule has 73 heavy (non-hydrogen) atoms. The number of benzene rings is 1. The summed E-state index contributed by atoms with van der Waals surface area (Å²) < 4.78 is 68.6. The van der Waals surface area contributed by atoms with Gasteiger partial charge in [0.05, 0.1) is 40.3 Å². The van der Waals surface area contributed by atoms with Crippen molar-refractivity contribution in [3.05, 3.63) is 83.2 Å². The molecule has 2 fully saturated rings. The highest BCUT2D eigenvalue weighted by atomic mass is 32.2. The molecular formula is C49H61N6O16S2+. The number of nitrogens with zero attached hydrogens (tertiary/aromatic N) is 6. The van der Waals surface area contributed by atoms with Gasteiger partial charge in [0.15, 0.2) is 5.71 Å². The van der Waals surface area contributed by atoms with E-state index in [0.29, 0.717) is 77.9 Å². The lowest BCUT2D eigenvalue weighted by molar-refractivity contribution is -0.684. The van der Waals surface area contributed by atoms with Crippen LogP contribution in [0.4, 0.5) is 11.5 Å². The molecule has 1 aromatic heterocycles. The molecule has 0 unspecified atom stereocenters. The van der Waals surface area contributed by atoms with Gasteiger partial charge in [-0.25, -0.2) is 19.2 Å². The number of hydrogen-bond acceptors (Lipinski definition) is 16. The molecule has 4 aliphatic rings. The smallest absolute Gasteiger partial charge is 0.333 e. The van der Waals surface area contributed by atoms with Crippen molar-refractivity contribution < 1.29 is 78.6 Å². The Morgan fingerprint density at radius 1 is 0.753 bits per heavy atom. The molecular weight excluding hydrogens is 993 g/mol. The molecule has 4 aliphatic heterocycles. The van der Waals surface area contributed by atoms with Crippen LogP contribution in [0.15, 0.2) is 76.4 Å². The molecule has 2 N–H and O–H groups in total. The molecule has 0 bridgehead atoms. The molecule has 0 atom stereocenters. The van der Waals surface area contributed by atoms with E-state index in [2.05, 4.69) is 0 Å². The third-order valence-electron chi connectivity index (χ3n) is 12.8. The van der Waals surface area contributed by atoms with Crippen LogP contribution >= 0.6 is 0 Å². The number of hydrogen-bond donors (Lipinski definition) is 2. The zero-order valence-electron chi connectivity index (χ0n) is 41.4. The van der Waals surface area contributed by atoms with Crippen molar-refractivity contribution in [2.45, 2.75) is 133 Å². The van der Waals surface area contributed by atoms with Crippen molar-refractivity contribution in [2.24, 2.45) is 4.99 Å². The normalized spacial score (nSPS) is 17.9. The molecule has 0 aliphatic carbocycles. The number of carbonyl (C=O) groups excluding carboxylic acids is 7. The van der Waals surface area contributed by atoms with Crippen LogP contribution in [0.5, 0.6) is 0 Å². The van der Waals surface area contributed by atoms with Gasteiger partial charge in [-0.3, -0.25) is 37.9 Å². The van der Waals surface area contributed by atoms with Gasteiger partial charge in [-0.2, -0.15) is 16.8 Å². The first-order valence-corrected chi connectivity index (χ1v) is 27.0. The number of hydroxylamine groups is 6. The quantitative estimate of drug-likeness (QED) is 0.0349. The second-order valence-corrected chi connectivity index (χ2v) is 22.0. The third kappa shape index (κ3) is 13.8. The van der Waals surface area contributed by atoms with Crippen molar-refractivity contribution in [2.75, 3.05) is 30.9 Å². The van der Waals surface area contributed by atoms with Gasteiger partial charge in [0.1, 0.15) is 6.20 Å². The Morgan fingerprint density at radius 2 is 1.34 bits per heavy atom. The van der Waals surface area contributed by atoms with E-state index in [9.17, 15) is 59.5 Å². The fourth-order valence-electron chi connectivity index (χ4n) is 8.80. The van der Waals surface area contributed by atoms with Crippen molar-refractivity contribution >= 4 is 78.9 Å². The van der Waals surface area contributed by atoms with Crippen LogP contribution in [0.1, 0.15) is 133 Å². The summed E-state index contributed by atoms with van der Waals surface area (Å²) in [5.74, 6) is -4.15. The summed E-state index contributed by atoms with van der Waals surface area (Å²) in [6.45, 7) is 8.42. The van der Waals surface area contributed by atoms with Crippen LogP contribution in [0.3, 0.4) is 0 Å². The van der Waals surface area contributed by atoms with Crippen molar-refractivity contribution in [3.8, 4) is 0 Å². The van der Waals surface area contributed by atoms with Gasteiger partial charge in [-0.15, -0.1) is 10.1 Å². The Labute approximate surface area is 423 Å². The van der Waals surface area contributed by atoms with E-state index in [4.69, 9.17) is 19.5 Å². The van der Waals surface area contributed by atoms with E-state index >= 15 is 0 Å². The Balaban J connectivity index is 1.12.